The fraction of sp³-hybridized carbons (Fsp3) is 0.462. The standard InChI is InChI=1S/C13H18O4/c1-3-9(2)17-8-12(14)10-4-6-11(7-5-10)13(15)16/h4-7,9,12,14H,3,8H2,1-2H3,(H,15,16). The first kappa shape index (κ1) is 13.7. The Bertz CT molecular complexity index is 358. The van der Waals surface area contributed by atoms with Crippen molar-refractivity contribution in [3.05, 3.63) is 35.4 Å². The van der Waals surface area contributed by atoms with Crippen LogP contribution in [0.2, 0.25) is 0 Å². The Morgan fingerprint density at radius 3 is 2.41 bits per heavy atom. The Labute approximate surface area is 101 Å². The minimum Gasteiger partial charge on any atom is -0.478 e. The zero-order valence-electron chi connectivity index (χ0n) is 10.1. The minimum atomic E-state index is -0.970. The van der Waals surface area contributed by atoms with E-state index in [4.69, 9.17) is 9.84 Å². The second-order valence-corrected chi connectivity index (χ2v) is 4.00. The predicted molar refractivity (Wildman–Crippen MR) is 64.1 cm³/mol. The molecule has 0 aliphatic heterocycles. The van der Waals surface area contributed by atoms with Gasteiger partial charge < -0.3 is 14.9 Å². The normalized spacial score (nSPS) is 14.3. The molecular formula is C13H18O4. The first-order valence-corrected chi connectivity index (χ1v) is 5.67. The molecule has 17 heavy (non-hydrogen) atoms. The van der Waals surface area contributed by atoms with Crippen LogP contribution in [0, 0.1) is 0 Å². The number of hydrogen-bond acceptors (Lipinski definition) is 3. The molecule has 0 heterocycles. The van der Waals surface area contributed by atoms with Crippen LogP contribution in [0.25, 0.3) is 0 Å². The van der Waals surface area contributed by atoms with Crippen molar-refractivity contribution in [3.63, 3.8) is 0 Å². The smallest absolute Gasteiger partial charge is 0.335 e. The number of aromatic carboxylic acids is 1. The molecule has 0 saturated carbocycles. The summed E-state index contributed by atoms with van der Waals surface area (Å²) in [7, 11) is 0. The Morgan fingerprint density at radius 1 is 1.35 bits per heavy atom. The van der Waals surface area contributed by atoms with E-state index in [9.17, 15) is 9.90 Å². The number of ether oxygens (including phenoxy) is 1. The van der Waals surface area contributed by atoms with Crippen molar-refractivity contribution in [2.24, 2.45) is 0 Å². The number of carboxylic acid groups (broad SMARTS) is 1. The Morgan fingerprint density at radius 2 is 1.94 bits per heavy atom. The molecule has 0 radical (unpaired) electrons. The number of hydrogen-bond donors (Lipinski definition) is 2. The fourth-order valence-electron chi connectivity index (χ4n) is 1.32. The SMILES string of the molecule is CCC(C)OCC(O)c1ccc(C(=O)O)cc1. The molecule has 0 aromatic heterocycles. The molecule has 0 aliphatic carbocycles. The topological polar surface area (TPSA) is 66.8 Å². The molecule has 94 valence electrons. The quantitative estimate of drug-likeness (QED) is 0.797. The summed E-state index contributed by atoms with van der Waals surface area (Å²) in [5, 5.41) is 18.6. The van der Waals surface area contributed by atoms with Crippen molar-refractivity contribution in [2.75, 3.05) is 6.61 Å². The summed E-state index contributed by atoms with van der Waals surface area (Å²) in [6.07, 6.45) is 0.291. The van der Waals surface area contributed by atoms with E-state index in [1.165, 1.54) is 12.1 Å². The maximum atomic E-state index is 10.6. The monoisotopic (exact) mass is 238 g/mol. The number of carboxylic acids is 1. The lowest BCUT2D eigenvalue weighted by molar-refractivity contribution is -0.00375. The molecule has 4 heteroatoms. The molecular weight excluding hydrogens is 220 g/mol. The van der Waals surface area contributed by atoms with Crippen LogP contribution < -0.4 is 0 Å². The van der Waals surface area contributed by atoms with E-state index < -0.39 is 12.1 Å². The molecule has 4 nitrogen and oxygen atoms in total. The number of carbonyl (C=O) groups is 1. The maximum absolute atomic E-state index is 10.6. The zero-order valence-corrected chi connectivity index (χ0v) is 10.1. The van der Waals surface area contributed by atoms with Crippen LogP contribution in [0.15, 0.2) is 24.3 Å². The summed E-state index contributed by atoms with van der Waals surface area (Å²) in [5.74, 6) is -0.970. The Hall–Kier alpha value is -1.39. The minimum absolute atomic E-state index is 0.114. The Balaban J connectivity index is 2.57. The van der Waals surface area contributed by atoms with Gasteiger partial charge in [0, 0.05) is 0 Å². The van der Waals surface area contributed by atoms with Gasteiger partial charge >= 0.3 is 5.97 Å². The summed E-state index contributed by atoms with van der Waals surface area (Å²) in [4.78, 5) is 10.6. The molecule has 1 aromatic carbocycles. The van der Waals surface area contributed by atoms with Gasteiger partial charge in [0.1, 0.15) is 6.10 Å². The lowest BCUT2D eigenvalue weighted by Gasteiger charge is -2.15. The highest BCUT2D eigenvalue weighted by molar-refractivity contribution is 5.87. The lowest BCUT2D eigenvalue weighted by Crippen LogP contribution is -2.13. The van der Waals surface area contributed by atoms with Crippen molar-refractivity contribution >= 4 is 5.97 Å². The van der Waals surface area contributed by atoms with Gasteiger partial charge in [-0.15, -0.1) is 0 Å². The molecule has 1 aromatic rings. The summed E-state index contributed by atoms with van der Waals surface area (Å²) < 4.78 is 5.42. The molecule has 2 N–H and O–H groups in total. The molecule has 0 spiro atoms. The van der Waals surface area contributed by atoms with Crippen LogP contribution in [-0.4, -0.2) is 28.9 Å². The molecule has 0 saturated heterocycles. The van der Waals surface area contributed by atoms with E-state index in [2.05, 4.69) is 0 Å². The van der Waals surface area contributed by atoms with Crippen LogP contribution in [-0.2, 0) is 4.74 Å². The Kier molecular flexibility index (Phi) is 5.12. The number of aliphatic hydroxyl groups is 1. The van der Waals surface area contributed by atoms with Gasteiger partial charge in [-0.05, 0) is 31.0 Å². The van der Waals surface area contributed by atoms with Crippen molar-refractivity contribution in [1.82, 2.24) is 0 Å². The highest BCUT2D eigenvalue weighted by Gasteiger charge is 2.10. The summed E-state index contributed by atoms with van der Waals surface area (Å²) >= 11 is 0. The van der Waals surface area contributed by atoms with Crippen LogP contribution in [0.3, 0.4) is 0 Å². The average molecular weight is 238 g/mol. The van der Waals surface area contributed by atoms with Crippen LogP contribution in [0.1, 0.15) is 42.3 Å². The lowest BCUT2D eigenvalue weighted by atomic mass is 10.1. The zero-order chi connectivity index (χ0) is 12.8. The van der Waals surface area contributed by atoms with Gasteiger partial charge in [0.05, 0.1) is 18.3 Å². The summed E-state index contributed by atoms with van der Waals surface area (Å²) in [6, 6.07) is 6.16. The van der Waals surface area contributed by atoms with Gasteiger partial charge in [0.25, 0.3) is 0 Å². The highest BCUT2D eigenvalue weighted by Crippen LogP contribution is 2.15. The average Bonchev–Trinajstić information content (AvgIpc) is 2.35. The third kappa shape index (κ3) is 4.17. The highest BCUT2D eigenvalue weighted by atomic mass is 16.5. The van der Waals surface area contributed by atoms with Gasteiger partial charge in [-0.25, -0.2) is 4.79 Å². The van der Waals surface area contributed by atoms with Crippen molar-refractivity contribution in [1.29, 1.82) is 0 Å². The third-order valence-electron chi connectivity index (χ3n) is 2.66. The van der Waals surface area contributed by atoms with Crippen LogP contribution >= 0.6 is 0 Å². The van der Waals surface area contributed by atoms with Crippen molar-refractivity contribution in [2.45, 2.75) is 32.5 Å². The van der Waals surface area contributed by atoms with Gasteiger partial charge in [0.2, 0.25) is 0 Å². The van der Waals surface area contributed by atoms with E-state index in [0.29, 0.717) is 5.56 Å². The first-order chi connectivity index (χ1) is 8.04. The first-order valence-electron chi connectivity index (χ1n) is 5.67. The van der Waals surface area contributed by atoms with E-state index >= 15 is 0 Å². The molecule has 0 amide bonds. The van der Waals surface area contributed by atoms with Gasteiger partial charge in [-0.3, -0.25) is 0 Å². The van der Waals surface area contributed by atoms with Crippen LogP contribution in [0.5, 0.6) is 0 Å². The number of rotatable bonds is 6. The summed E-state index contributed by atoms with van der Waals surface area (Å²) in [6.45, 7) is 4.18. The molecule has 0 fully saturated rings. The van der Waals surface area contributed by atoms with E-state index in [1.807, 2.05) is 13.8 Å². The largest absolute Gasteiger partial charge is 0.478 e. The van der Waals surface area contributed by atoms with E-state index in [0.717, 1.165) is 6.42 Å². The molecule has 0 bridgehead atoms. The second-order valence-electron chi connectivity index (χ2n) is 4.00. The van der Waals surface area contributed by atoms with Gasteiger partial charge in [-0.1, -0.05) is 19.1 Å². The number of benzene rings is 1. The molecule has 2 atom stereocenters. The number of aliphatic hydroxyl groups excluding tert-OH is 1. The molecule has 0 aliphatic rings. The molecule has 2 unspecified atom stereocenters. The third-order valence-corrected chi connectivity index (χ3v) is 2.66. The maximum Gasteiger partial charge on any atom is 0.335 e. The van der Waals surface area contributed by atoms with E-state index in [-0.39, 0.29) is 18.3 Å². The van der Waals surface area contributed by atoms with Crippen molar-refractivity contribution < 1.29 is 19.7 Å². The second kappa shape index (κ2) is 6.37. The molecule has 1 rings (SSSR count). The predicted octanol–water partition coefficient (Wildman–Crippen LogP) is 2.23. The van der Waals surface area contributed by atoms with E-state index in [1.54, 1.807) is 12.1 Å². The van der Waals surface area contributed by atoms with Gasteiger partial charge in [0.15, 0.2) is 0 Å². The van der Waals surface area contributed by atoms with Crippen LogP contribution in [0.4, 0.5) is 0 Å². The van der Waals surface area contributed by atoms with Gasteiger partial charge in [-0.2, -0.15) is 0 Å². The summed E-state index contributed by atoms with van der Waals surface area (Å²) in [5.41, 5.74) is 0.877. The fourth-order valence-corrected chi connectivity index (χ4v) is 1.32. The van der Waals surface area contributed by atoms with Crippen molar-refractivity contribution in [3.8, 4) is 0 Å².